The van der Waals surface area contributed by atoms with E-state index in [0.29, 0.717) is 48.9 Å². The van der Waals surface area contributed by atoms with Crippen molar-refractivity contribution in [3.05, 3.63) is 116 Å². The molecular formula is C38H39Cl2NO5S. The summed E-state index contributed by atoms with van der Waals surface area (Å²) in [6.45, 7) is 10.9. The number of carbonyl (C=O) groups excluding carboxylic acids is 2. The van der Waals surface area contributed by atoms with Gasteiger partial charge in [0.25, 0.3) is 0 Å². The van der Waals surface area contributed by atoms with E-state index in [1.807, 2.05) is 25.1 Å². The van der Waals surface area contributed by atoms with Gasteiger partial charge in [-0.05, 0) is 72.4 Å². The molecule has 0 radical (unpaired) electrons. The van der Waals surface area contributed by atoms with Crippen molar-refractivity contribution in [2.75, 3.05) is 6.54 Å². The standard InChI is InChI=1S/C38H39Cl2NO5S/c1-23-11-13-26(14-12-23)47(44,45)46-36-27(39)17-25(18-28(36)40)33-34-29(19-37(2,3)21-31(34)42)41(16-15-24-9-7-6-8-10-24)30-20-38(4,5)22-32(43)35(30)33/h6-14,17-18,33H,15-16,19-22H2,1-5H3. The van der Waals surface area contributed by atoms with Crippen molar-refractivity contribution in [3.63, 3.8) is 0 Å². The lowest BCUT2D eigenvalue weighted by Crippen LogP contribution is -2.45. The Morgan fingerprint density at radius 1 is 0.787 bits per heavy atom. The first-order valence-corrected chi connectivity index (χ1v) is 18.1. The number of hydrogen-bond donors (Lipinski definition) is 0. The summed E-state index contributed by atoms with van der Waals surface area (Å²) in [7, 11) is -4.23. The highest BCUT2D eigenvalue weighted by Crippen LogP contribution is 2.55. The molecule has 0 unspecified atom stereocenters. The van der Waals surface area contributed by atoms with Crippen molar-refractivity contribution in [2.45, 2.75) is 77.5 Å². The quantitative estimate of drug-likeness (QED) is 0.230. The SMILES string of the molecule is Cc1ccc(S(=O)(=O)Oc2c(Cl)cc(C3C4=C(CC(C)(C)CC4=O)N(CCc4ccccc4)C4=C3C(=O)CC(C)(C)C4)cc2Cl)cc1. The molecule has 6 nitrogen and oxygen atoms in total. The second-order valence-electron chi connectivity index (χ2n) is 14.6. The molecule has 0 N–H and O–H groups in total. The van der Waals surface area contributed by atoms with Crippen molar-refractivity contribution < 1.29 is 22.2 Å². The minimum Gasteiger partial charge on any atom is -0.376 e. The van der Waals surface area contributed by atoms with Crippen LogP contribution in [0, 0.1) is 17.8 Å². The number of Topliss-reactive ketones (excluding diaryl/α,β-unsaturated/α-hetero) is 2. The number of carbonyl (C=O) groups is 2. The monoisotopic (exact) mass is 691 g/mol. The Hall–Kier alpha value is -3.39. The van der Waals surface area contributed by atoms with Gasteiger partial charge in [0.2, 0.25) is 0 Å². The molecule has 1 aliphatic heterocycles. The van der Waals surface area contributed by atoms with Crippen molar-refractivity contribution in [1.29, 1.82) is 0 Å². The van der Waals surface area contributed by atoms with Crippen molar-refractivity contribution in [2.24, 2.45) is 10.8 Å². The number of hydrogen-bond acceptors (Lipinski definition) is 6. The molecule has 6 rings (SSSR count). The van der Waals surface area contributed by atoms with E-state index in [1.54, 1.807) is 24.3 Å². The van der Waals surface area contributed by atoms with Crippen molar-refractivity contribution in [3.8, 4) is 5.75 Å². The molecule has 47 heavy (non-hydrogen) atoms. The van der Waals surface area contributed by atoms with E-state index in [9.17, 15) is 18.0 Å². The molecule has 0 spiro atoms. The Labute approximate surface area is 287 Å². The Morgan fingerprint density at radius 2 is 1.30 bits per heavy atom. The molecule has 0 amide bonds. The van der Waals surface area contributed by atoms with Gasteiger partial charge in [0.1, 0.15) is 4.90 Å². The summed E-state index contributed by atoms with van der Waals surface area (Å²) in [6.07, 6.45) is 2.77. The first kappa shape index (κ1) is 33.5. The number of halogens is 2. The second kappa shape index (κ2) is 12.2. The van der Waals surface area contributed by atoms with Crippen LogP contribution in [-0.4, -0.2) is 31.4 Å². The average molecular weight is 693 g/mol. The van der Waals surface area contributed by atoms with Gasteiger partial charge in [-0.15, -0.1) is 0 Å². The molecule has 0 bridgehead atoms. The minimum atomic E-state index is -4.23. The third kappa shape index (κ3) is 6.67. The molecule has 0 saturated heterocycles. The van der Waals surface area contributed by atoms with Gasteiger partial charge in [0.05, 0.1) is 10.0 Å². The van der Waals surface area contributed by atoms with Gasteiger partial charge in [0.15, 0.2) is 17.3 Å². The fourth-order valence-corrected chi connectivity index (χ4v) is 8.86. The smallest absolute Gasteiger partial charge is 0.339 e. The Morgan fingerprint density at radius 3 is 1.81 bits per heavy atom. The first-order valence-electron chi connectivity index (χ1n) is 15.9. The van der Waals surface area contributed by atoms with Crippen LogP contribution in [0.5, 0.6) is 5.75 Å². The number of benzene rings is 3. The third-order valence-corrected chi connectivity index (χ3v) is 11.1. The molecule has 246 valence electrons. The number of nitrogens with zero attached hydrogens (tertiary/aromatic N) is 1. The van der Waals surface area contributed by atoms with Crippen LogP contribution in [-0.2, 0) is 26.1 Å². The molecule has 3 aromatic carbocycles. The Balaban J connectivity index is 1.48. The Kier molecular flexibility index (Phi) is 8.73. The van der Waals surface area contributed by atoms with Crippen molar-refractivity contribution in [1.82, 2.24) is 4.90 Å². The van der Waals surface area contributed by atoms with Crippen LogP contribution in [0.1, 0.15) is 76.0 Å². The Bertz CT molecular complexity index is 1870. The topological polar surface area (TPSA) is 80.8 Å². The predicted octanol–water partition coefficient (Wildman–Crippen LogP) is 9.00. The fraction of sp³-hybridized carbons (Fsp3) is 0.368. The summed E-state index contributed by atoms with van der Waals surface area (Å²) in [4.78, 5) is 30.6. The number of ketones is 2. The summed E-state index contributed by atoms with van der Waals surface area (Å²) in [6, 6.07) is 19.7. The van der Waals surface area contributed by atoms with Gasteiger partial charge >= 0.3 is 10.1 Å². The highest BCUT2D eigenvalue weighted by molar-refractivity contribution is 7.87. The van der Waals surface area contributed by atoms with E-state index in [4.69, 9.17) is 27.4 Å². The van der Waals surface area contributed by atoms with E-state index >= 15 is 0 Å². The molecule has 0 fully saturated rings. The molecule has 0 aromatic heterocycles. The number of allylic oxidation sites excluding steroid dienone is 4. The van der Waals surface area contributed by atoms with Crippen LogP contribution in [0.3, 0.4) is 0 Å². The number of rotatable bonds is 7. The number of aryl methyl sites for hydroxylation is 1. The van der Waals surface area contributed by atoms with Gasteiger partial charge in [-0.25, -0.2) is 0 Å². The van der Waals surface area contributed by atoms with E-state index in [1.165, 1.54) is 17.7 Å². The summed E-state index contributed by atoms with van der Waals surface area (Å²) >= 11 is 13.5. The van der Waals surface area contributed by atoms with Crippen LogP contribution in [0.15, 0.2) is 94.2 Å². The molecule has 1 heterocycles. The van der Waals surface area contributed by atoms with Crippen molar-refractivity contribution >= 4 is 44.9 Å². The van der Waals surface area contributed by atoms with Gasteiger partial charge < -0.3 is 9.08 Å². The van der Waals surface area contributed by atoms with Gasteiger partial charge in [-0.2, -0.15) is 8.42 Å². The lowest BCUT2D eigenvalue weighted by molar-refractivity contribution is -0.119. The zero-order valence-electron chi connectivity index (χ0n) is 27.3. The van der Waals surface area contributed by atoms with Gasteiger partial charge in [-0.1, -0.05) is 98.9 Å². The molecule has 2 aliphatic carbocycles. The largest absolute Gasteiger partial charge is 0.376 e. The zero-order chi connectivity index (χ0) is 33.9. The van der Waals surface area contributed by atoms with Crippen LogP contribution < -0.4 is 4.18 Å². The highest BCUT2D eigenvalue weighted by atomic mass is 35.5. The van der Waals surface area contributed by atoms with Gasteiger partial charge in [0, 0.05) is 47.8 Å². The normalized spacial score (nSPS) is 19.5. The lowest BCUT2D eigenvalue weighted by atomic mass is 9.63. The van der Waals surface area contributed by atoms with E-state index < -0.39 is 16.0 Å². The van der Waals surface area contributed by atoms with Crippen LogP contribution >= 0.6 is 23.2 Å². The third-order valence-electron chi connectivity index (χ3n) is 9.35. The summed E-state index contributed by atoms with van der Waals surface area (Å²) < 4.78 is 31.8. The first-order chi connectivity index (χ1) is 22.1. The van der Waals surface area contributed by atoms with E-state index in [0.717, 1.165) is 23.4 Å². The molecule has 0 saturated carbocycles. The van der Waals surface area contributed by atoms with E-state index in [2.05, 4.69) is 44.7 Å². The molecule has 3 aliphatic rings. The maximum Gasteiger partial charge on any atom is 0.339 e. The summed E-state index contributed by atoms with van der Waals surface area (Å²) in [5.41, 5.74) is 5.16. The van der Waals surface area contributed by atoms with Crippen LogP contribution in [0.25, 0.3) is 0 Å². The zero-order valence-corrected chi connectivity index (χ0v) is 29.7. The lowest BCUT2D eigenvalue weighted by Gasteiger charge is -2.49. The minimum absolute atomic E-state index is 0.00957. The summed E-state index contributed by atoms with van der Waals surface area (Å²) in [5.74, 6) is -0.902. The second-order valence-corrected chi connectivity index (χ2v) is 16.9. The molecule has 3 aromatic rings. The molecular weight excluding hydrogens is 653 g/mol. The maximum absolute atomic E-state index is 14.2. The fourth-order valence-electron chi connectivity index (χ4n) is 7.23. The van der Waals surface area contributed by atoms with E-state index in [-0.39, 0.29) is 43.1 Å². The van der Waals surface area contributed by atoms with Gasteiger partial charge in [-0.3, -0.25) is 9.59 Å². The summed E-state index contributed by atoms with van der Waals surface area (Å²) in [5, 5.41) is -0.0441. The molecule has 0 atom stereocenters. The maximum atomic E-state index is 14.2. The highest BCUT2D eigenvalue weighted by Gasteiger charge is 2.49. The molecule has 9 heteroatoms. The van der Waals surface area contributed by atoms with Crippen LogP contribution in [0.4, 0.5) is 0 Å². The predicted molar refractivity (Wildman–Crippen MR) is 185 cm³/mol. The average Bonchev–Trinajstić information content (AvgIpc) is 2.97. The van der Waals surface area contributed by atoms with Crippen LogP contribution in [0.2, 0.25) is 10.0 Å².